The van der Waals surface area contributed by atoms with E-state index in [1.54, 1.807) is 24.7 Å². The summed E-state index contributed by atoms with van der Waals surface area (Å²) in [6, 6.07) is 9.49. The second kappa shape index (κ2) is 8.21. The maximum absolute atomic E-state index is 14.1. The second-order valence-electron chi connectivity index (χ2n) is 6.38. The van der Waals surface area contributed by atoms with Gasteiger partial charge in [-0.15, -0.1) is 0 Å². The highest BCUT2D eigenvalue weighted by Crippen LogP contribution is 2.26. The fourth-order valence-electron chi connectivity index (χ4n) is 2.94. The molecule has 3 rings (SSSR count). The van der Waals surface area contributed by atoms with Gasteiger partial charge in [-0.25, -0.2) is 13.8 Å². The molecule has 26 heavy (non-hydrogen) atoms. The van der Waals surface area contributed by atoms with Gasteiger partial charge in [0.15, 0.2) is 0 Å². The molecule has 0 saturated heterocycles. The van der Waals surface area contributed by atoms with Gasteiger partial charge in [-0.3, -0.25) is 0 Å². The Morgan fingerprint density at radius 2 is 1.96 bits per heavy atom. The first kappa shape index (κ1) is 18.2. The lowest BCUT2D eigenvalue weighted by molar-refractivity contribution is 0.229. The molecule has 1 aromatic heterocycles. The lowest BCUT2D eigenvalue weighted by Gasteiger charge is -2.14. The highest BCUT2D eigenvalue weighted by atomic mass is 19.1. The number of nitrogens with two attached hydrogens (primary N) is 1. The van der Waals surface area contributed by atoms with E-state index in [2.05, 4.69) is 4.98 Å². The summed E-state index contributed by atoms with van der Waals surface area (Å²) >= 11 is 0. The molecule has 0 fully saturated rings. The Bertz CT molecular complexity index is 861. The van der Waals surface area contributed by atoms with Crippen molar-refractivity contribution >= 4 is 0 Å². The van der Waals surface area contributed by atoms with Crippen molar-refractivity contribution in [1.82, 2.24) is 9.55 Å². The fourth-order valence-corrected chi connectivity index (χ4v) is 2.94. The van der Waals surface area contributed by atoms with Crippen LogP contribution in [0.3, 0.4) is 0 Å². The number of nitrogens with zero attached hydrogens (tertiary/aromatic N) is 2. The number of halogens is 2. The minimum Gasteiger partial charge on any atom is -0.396 e. The van der Waals surface area contributed by atoms with E-state index in [9.17, 15) is 13.9 Å². The first-order valence-corrected chi connectivity index (χ1v) is 8.44. The third kappa shape index (κ3) is 4.33. The molecule has 0 bridgehead atoms. The smallest absolute Gasteiger partial charge is 0.126 e. The molecule has 0 spiro atoms. The van der Waals surface area contributed by atoms with Gasteiger partial charge in [0.2, 0.25) is 0 Å². The summed E-state index contributed by atoms with van der Waals surface area (Å²) in [5, 5.41) is 9.30. The number of benzene rings is 2. The molecule has 136 valence electrons. The Labute approximate surface area is 150 Å². The van der Waals surface area contributed by atoms with Crippen LogP contribution in [0.2, 0.25) is 0 Å². The summed E-state index contributed by atoms with van der Waals surface area (Å²) in [7, 11) is 0. The molecule has 0 aliphatic heterocycles. The van der Waals surface area contributed by atoms with Gasteiger partial charge in [-0.1, -0.05) is 6.07 Å². The van der Waals surface area contributed by atoms with E-state index in [1.165, 1.54) is 18.2 Å². The van der Waals surface area contributed by atoms with E-state index in [1.807, 2.05) is 16.8 Å². The maximum Gasteiger partial charge on any atom is 0.126 e. The molecule has 1 heterocycles. The zero-order valence-electron chi connectivity index (χ0n) is 14.3. The van der Waals surface area contributed by atoms with Crippen LogP contribution in [-0.4, -0.2) is 27.8 Å². The first-order valence-electron chi connectivity index (χ1n) is 8.44. The van der Waals surface area contributed by atoms with Crippen LogP contribution in [0.15, 0.2) is 55.1 Å². The SMILES string of the molecule is NCC(CO)Cc1cc(-c2cc(F)cc(Cn3ccnc3)c2)ccc1F. The average molecular weight is 357 g/mol. The summed E-state index contributed by atoms with van der Waals surface area (Å²) in [5.41, 5.74) is 8.25. The quantitative estimate of drug-likeness (QED) is 0.683. The van der Waals surface area contributed by atoms with Gasteiger partial charge >= 0.3 is 0 Å². The normalized spacial score (nSPS) is 12.3. The molecule has 0 amide bonds. The third-order valence-corrected chi connectivity index (χ3v) is 4.36. The van der Waals surface area contributed by atoms with Crippen LogP contribution >= 0.6 is 0 Å². The monoisotopic (exact) mass is 357 g/mol. The first-order chi connectivity index (χ1) is 12.6. The minimum absolute atomic E-state index is 0.102. The summed E-state index contributed by atoms with van der Waals surface area (Å²) < 4.78 is 30.1. The van der Waals surface area contributed by atoms with E-state index in [4.69, 9.17) is 5.73 Å². The van der Waals surface area contributed by atoms with Crippen molar-refractivity contribution in [3.63, 3.8) is 0 Å². The van der Waals surface area contributed by atoms with E-state index in [0.29, 0.717) is 24.1 Å². The summed E-state index contributed by atoms with van der Waals surface area (Å²) in [4.78, 5) is 3.98. The van der Waals surface area contributed by atoms with Crippen molar-refractivity contribution < 1.29 is 13.9 Å². The highest BCUT2D eigenvalue weighted by Gasteiger charge is 2.12. The molecule has 4 nitrogen and oxygen atoms in total. The standard InChI is InChI=1S/C20H21F2N3O/c21-19-7-14(11-25-4-3-24-13-25)5-17(9-19)16-1-2-20(22)18(8-16)6-15(10-23)12-26/h1-5,7-9,13,15,26H,6,10-12,23H2. The number of aromatic nitrogens is 2. The molecule has 2 aromatic carbocycles. The Balaban J connectivity index is 1.92. The average Bonchev–Trinajstić information content (AvgIpc) is 3.13. The van der Waals surface area contributed by atoms with Gasteiger partial charge in [0.1, 0.15) is 11.6 Å². The number of hydrogen-bond acceptors (Lipinski definition) is 3. The van der Waals surface area contributed by atoms with Gasteiger partial charge in [-0.05, 0) is 71.5 Å². The number of rotatable bonds is 7. The van der Waals surface area contributed by atoms with Crippen LogP contribution < -0.4 is 5.73 Å². The predicted octanol–water partition coefficient (Wildman–Crippen LogP) is 2.99. The van der Waals surface area contributed by atoms with Crippen molar-refractivity contribution in [2.45, 2.75) is 13.0 Å². The third-order valence-electron chi connectivity index (χ3n) is 4.36. The molecule has 0 aliphatic carbocycles. The highest BCUT2D eigenvalue weighted by molar-refractivity contribution is 5.65. The lowest BCUT2D eigenvalue weighted by atomic mass is 9.95. The van der Waals surface area contributed by atoms with Crippen LogP contribution in [0.5, 0.6) is 0 Å². The van der Waals surface area contributed by atoms with Crippen LogP contribution in [-0.2, 0) is 13.0 Å². The van der Waals surface area contributed by atoms with Gasteiger partial charge in [-0.2, -0.15) is 0 Å². The van der Waals surface area contributed by atoms with Gasteiger partial charge in [0.05, 0.1) is 6.33 Å². The van der Waals surface area contributed by atoms with Gasteiger partial charge in [0.25, 0.3) is 0 Å². The fraction of sp³-hybridized carbons (Fsp3) is 0.250. The molecular formula is C20H21F2N3O. The van der Waals surface area contributed by atoms with E-state index in [0.717, 1.165) is 11.1 Å². The largest absolute Gasteiger partial charge is 0.396 e. The van der Waals surface area contributed by atoms with Crippen LogP contribution in [0, 0.1) is 17.6 Å². The summed E-state index contributed by atoms with van der Waals surface area (Å²) in [5.74, 6) is -0.904. The van der Waals surface area contributed by atoms with Crippen molar-refractivity contribution in [3.05, 3.63) is 77.9 Å². The number of aliphatic hydroxyl groups excluding tert-OH is 1. The molecule has 3 N–H and O–H groups in total. The topological polar surface area (TPSA) is 64.1 Å². The van der Waals surface area contributed by atoms with Crippen molar-refractivity contribution in [1.29, 1.82) is 0 Å². The summed E-state index contributed by atoms with van der Waals surface area (Å²) in [6.45, 7) is 0.670. The second-order valence-corrected chi connectivity index (χ2v) is 6.38. The molecule has 0 aliphatic rings. The molecule has 6 heteroatoms. The predicted molar refractivity (Wildman–Crippen MR) is 96.5 cm³/mol. The minimum atomic E-state index is -0.351. The number of imidazole rings is 1. The molecule has 0 saturated carbocycles. The van der Waals surface area contributed by atoms with E-state index in [-0.39, 0.29) is 30.7 Å². The molecule has 0 radical (unpaired) electrons. The van der Waals surface area contributed by atoms with Crippen LogP contribution in [0.25, 0.3) is 11.1 Å². The van der Waals surface area contributed by atoms with E-state index < -0.39 is 0 Å². The lowest BCUT2D eigenvalue weighted by Crippen LogP contribution is -2.20. The number of aliphatic hydroxyl groups is 1. The zero-order chi connectivity index (χ0) is 18.5. The van der Waals surface area contributed by atoms with Crippen LogP contribution in [0.4, 0.5) is 8.78 Å². The van der Waals surface area contributed by atoms with Crippen molar-refractivity contribution in [2.24, 2.45) is 11.7 Å². The molecule has 3 aromatic rings. The van der Waals surface area contributed by atoms with Crippen molar-refractivity contribution in [2.75, 3.05) is 13.2 Å². The molecular weight excluding hydrogens is 336 g/mol. The van der Waals surface area contributed by atoms with Crippen LogP contribution in [0.1, 0.15) is 11.1 Å². The Hall–Kier alpha value is -2.57. The molecule has 1 atom stereocenters. The van der Waals surface area contributed by atoms with Crippen molar-refractivity contribution in [3.8, 4) is 11.1 Å². The summed E-state index contributed by atoms with van der Waals surface area (Å²) in [6.07, 6.45) is 5.48. The number of hydrogen-bond donors (Lipinski definition) is 2. The molecule has 1 unspecified atom stereocenters. The van der Waals surface area contributed by atoms with Gasteiger partial charge in [0, 0.05) is 25.5 Å². The van der Waals surface area contributed by atoms with E-state index >= 15 is 0 Å². The Morgan fingerprint density at radius 1 is 1.12 bits per heavy atom. The Morgan fingerprint density at radius 3 is 2.65 bits per heavy atom. The zero-order valence-corrected chi connectivity index (χ0v) is 14.3. The van der Waals surface area contributed by atoms with Gasteiger partial charge < -0.3 is 15.4 Å². The Kier molecular flexibility index (Phi) is 5.75. The maximum atomic E-state index is 14.1.